The van der Waals surface area contributed by atoms with Crippen molar-refractivity contribution in [3.63, 3.8) is 0 Å². The summed E-state index contributed by atoms with van der Waals surface area (Å²) in [4.78, 5) is 0. The topological polar surface area (TPSA) is 12.0 Å². The lowest BCUT2D eigenvalue weighted by molar-refractivity contribution is -0.135. The van der Waals surface area contributed by atoms with Gasteiger partial charge in [-0.3, -0.25) is 0 Å². The predicted molar refractivity (Wildman–Crippen MR) is 60.4 cm³/mol. The molecule has 92 valence electrons. The van der Waals surface area contributed by atoms with Crippen LogP contribution < -0.4 is 5.32 Å². The summed E-state index contributed by atoms with van der Waals surface area (Å²) in [7, 11) is 0. The molecule has 0 saturated heterocycles. The molecule has 0 aliphatic carbocycles. The van der Waals surface area contributed by atoms with E-state index in [1.165, 1.54) is 0 Å². The van der Waals surface area contributed by atoms with E-state index in [0.717, 1.165) is 18.7 Å². The molecule has 0 aromatic carbocycles. The van der Waals surface area contributed by atoms with Crippen LogP contribution in [-0.2, 0) is 0 Å². The van der Waals surface area contributed by atoms with Crippen LogP contribution in [0.3, 0.4) is 0 Å². The van der Waals surface area contributed by atoms with Gasteiger partial charge in [0.2, 0.25) is 0 Å². The SMILES string of the molecule is CCCNC(CCCC(F)(F)F)CSC. The summed E-state index contributed by atoms with van der Waals surface area (Å²) >= 11 is 1.67. The van der Waals surface area contributed by atoms with E-state index in [4.69, 9.17) is 0 Å². The van der Waals surface area contributed by atoms with Gasteiger partial charge in [0.05, 0.1) is 0 Å². The summed E-state index contributed by atoms with van der Waals surface area (Å²) in [5.74, 6) is 0.887. The van der Waals surface area contributed by atoms with Crippen molar-refractivity contribution in [2.45, 2.75) is 44.8 Å². The zero-order chi connectivity index (χ0) is 11.7. The van der Waals surface area contributed by atoms with Gasteiger partial charge in [0.15, 0.2) is 0 Å². The van der Waals surface area contributed by atoms with E-state index in [1.54, 1.807) is 11.8 Å². The van der Waals surface area contributed by atoms with Crippen molar-refractivity contribution in [2.24, 2.45) is 0 Å². The Morgan fingerprint density at radius 3 is 2.47 bits per heavy atom. The fraction of sp³-hybridized carbons (Fsp3) is 1.00. The van der Waals surface area contributed by atoms with Crippen LogP contribution in [0.25, 0.3) is 0 Å². The third-order valence-electron chi connectivity index (χ3n) is 2.06. The molecule has 0 saturated carbocycles. The molecule has 0 radical (unpaired) electrons. The van der Waals surface area contributed by atoms with Gasteiger partial charge in [-0.05, 0) is 32.1 Å². The van der Waals surface area contributed by atoms with E-state index in [0.29, 0.717) is 6.42 Å². The van der Waals surface area contributed by atoms with Crippen molar-refractivity contribution in [1.29, 1.82) is 0 Å². The van der Waals surface area contributed by atoms with Crippen molar-refractivity contribution in [2.75, 3.05) is 18.6 Å². The third-order valence-corrected chi connectivity index (χ3v) is 2.80. The highest BCUT2D eigenvalue weighted by Crippen LogP contribution is 2.23. The van der Waals surface area contributed by atoms with Gasteiger partial charge in [-0.2, -0.15) is 24.9 Å². The van der Waals surface area contributed by atoms with Gasteiger partial charge in [0.1, 0.15) is 0 Å². The van der Waals surface area contributed by atoms with Gasteiger partial charge in [-0.15, -0.1) is 0 Å². The molecule has 0 aromatic rings. The summed E-state index contributed by atoms with van der Waals surface area (Å²) in [6, 6.07) is 0.224. The largest absolute Gasteiger partial charge is 0.389 e. The van der Waals surface area contributed by atoms with Gasteiger partial charge in [0.25, 0.3) is 0 Å². The van der Waals surface area contributed by atoms with E-state index in [1.807, 2.05) is 6.26 Å². The van der Waals surface area contributed by atoms with Crippen LogP contribution in [0, 0.1) is 0 Å². The van der Waals surface area contributed by atoms with Gasteiger partial charge < -0.3 is 5.32 Å². The van der Waals surface area contributed by atoms with Gasteiger partial charge in [0, 0.05) is 18.2 Å². The predicted octanol–water partition coefficient (Wildman–Crippen LogP) is 3.45. The molecule has 15 heavy (non-hydrogen) atoms. The molecule has 1 atom stereocenters. The second kappa shape index (κ2) is 8.28. The molecular formula is C10H20F3NS. The minimum atomic E-state index is -4.01. The van der Waals surface area contributed by atoms with Crippen molar-refractivity contribution < 1.29 is 13.2 Å². The first-order valence-electron chi connectivity index (χ1n) is 5.28. The summed E-state index contributed by atoms with van der Waals surface area (Å²) in [5.41, 5.74) is 0. The van der Waals surface area contributed by atoms with Crippen LogP contribution in [0.5, 0.6) is 0 Å². The maximum Gasteiger partial charge on any atom is 0.389 e. The molecule has 1 N–H and O–H groups in total. The van der Waals surface area contributed by atoms with E-state index in [2.05, 4.69) is 12.2 Å². The average molecular weight is 243 g/mol. The molecule has 0 fully saturated rings. The summed E-state index contributed by atoms with van der Waals surface area (Å²) in [6.07, 6.45) is -0.833. The highest BCUT2D eigenvalue weighted by Gasteiger charge is 2.26. The molecule has 0 amide bonds. The Balaban J connectivity index is 3.65. The Morgan fingerprint density at radius 2 is 2.00 bits per heavy atom. The van der Waals surface area contributed by atoms with E-state index in [9.17, 15) is 13.2 Å². The van der Waals surface area contributed by atoms with Gasteiger partial charge in [-0.25, -0.2) is 0 Å². The van der Waals surface area contributed by atoms with E-state index < -0.39 is 12.6 Å². The lowest BCUT2D eigenvalue weighted by atomic mass is 10.1. The number of hydrogen-bond acceptors (Lipinski definition) is 2. The highest BCUT2D eigenvalue weighted by molar-refractivity contribution is 7.98. The molecule has 0 aliphatic rings. The molecule has 0 aromatic heterocycles. The number of nitrogens with one attached hydrogen (secondary N) is 1. The Morgan fingerprint density at radius 1 is 1.33 bits per heavy atom. The molecule has 5 heteroatoms. The monoisotopic (exact) mass is 243 g/mol. The number of rotatable bonds is 8. The second-order valence-corrected chi connectivity index (χ2v) is 4.52. The number of halogens is 3. The smallest absolute Gasteiger partial charge is 0.313 e. The Bertz CT molecular complexity index is 150. The van der Waals surface area contributed by atoms with Crippen molar-refractivity contribution in [3.8, 4) is 0 Å². The second-order valence-electron chi connectivity index (χ2n) is 3.61. The zero-order valence-electron chi connectivity index (χ0n) is 9.36. The quantitative estimate of drug-likeness (QED) is 0.700. The summed E-state index contributed by atoms with van der Waals surface area (Å²) in [6.45, 7) is 2.94. The van der Waals surface area contributed by atoms with Crippen LogP contribution in [0.15, 0.2) is 0 Å². The molecule has 0 aliphatic heterocycles. The maximum atomic E-state index is 11.9. The minimum Gasteiger partial charge on any atom is -0.313 e. The van der Waals surface area contributed by atoms with Crippen molar-refractivity contribution >= 4 is 11.8 Å². The normalized spacial score (nSPS) is 14.2. The number of thioether (sulfide) groups is 1. The first-order chi connectivity index (χ1) is 6.99. The van der Waals surface area contributed by atoms with Crippen molar-refractivity contribution in [1.82, 2.24) is 5.32 Å². The number of alkyl halides is 3. The van der Waals surface area contributed by atoms with Gasteiger partial charge >= 0.3 is 6.18 Å². The number of hydrogen-bond donors (Lipinski definition) is 1. The summed E-state index contributed by atoms with van der Waals surface area (Å²) < 4.78 is 35.8. The molecule has 0 spiro atoms. The van der Waals surface area contributed by atoms with Crippen LogP contribution in [0.1, 0.15) is 32.6 Å². The minimum absolute atomic E-state index is 0.224. The molecule has 0 rings (SSSR count). The lowest BCUT2D eigenvalue weighted by Gasteiger charge is -2.17. The highest BCUT2D eigenvalue weighted by atomic mass is 32.2. The maximum absolute atomic E-state index is 11.9. The van der Waals surface area contributed by atoms with E-state index in [-0.39, 0.29) is 12.5 Å². The molecule has 0 heterocycles. The fourth-order valence-corrected chi connectivity index (χ4v) is 2.03. The Hall–Kier alpha value is 0.100. The van der Waals surface area contributed by atoms with Crippen LogP contribution >= 0.6 is 11.8 Å². The first kappa shape index (κ1) is 15.1. The first-order valence-corrected chi connectivity index (χ1v) is 6.68. The zero-order valence-corrected chi connectivity index (χ0v) is 10.2. The van der Waals surface area contributed by atoms with Crippen LogP contribution in [-0.4, -0.2) is 30.8 Å². The lowest BCUT2D eigenvalue weighted by Crippen LogP contribution is -2.32. The third kappa shape index (κ3) is 10.4. The van der Waals surface area contributed by atoms with Crippen molar-refractivity contribution in [3.05, 3.63) is 0 Å². The molecular weight excluding hydrogens is 223 g/mol. The molecule has 1 unspecified atom stereocenters. The molecule has 0 bridgehead atoms. The van der Waals surface area contributed by atoms with Crippen LogP contribution in [0.4, 0.5) is 13.2 Å². The van der Waals surface area contributed by atoms with E-state index >= 15 is 0 Å². The fourth-order valence-electron chi connectivity index (χ4n) is 1.34. The summed E-state index contributed by atoms with van der Waals surface area (Å²) in [5, 5.41) is 3.27. The van der Waals surface area contributed by atoms with Crippen LogP contribution in [0.2, 0.25) is 0 Å². The van der Waals surface area contributed by atoms with Gasteiger partial charge in [-0.1, -0.05) is 6.92 Å². The Kier molecular flexibility index (Phi) is 8.33. The standard InChI is InChI=1S/C10H20F3NS/c1-3-7-14-9(8-15-2)5-4-6-10(11,12)13/h9,14H,3-8H2,1-2H3. The Labute approximate surface area is 94.2 Å². The molecule has 1 nitrogen and oxygen atoms in total. The average Bonchev–Trinajstić information content (AvgIpc) is 2.12.